The van der Waals surface area contributed by atoms with Crippen molar-refractivity contribution in [3.8, 4) is 5.75 Å². The second-order valence-corrected chi connectivity index (χ2v) is 11.1. The first-order valence-electron chi connectivity index (χ1n) is 12.8. The van der Waals surface area contributed by atoms with E-state index in [2.05, 4.69) is 5.32 Å². The molecule has 1 unspecified atom stereocenters. The Labute approximate surface area is 216 Å². The summed E-state index contributed by atoms with van der Waals surface area (Å²) >= 11 is 0. The predicted octanol–water partition coefficient (Wildman–Crippen LogP) is 6.09. The molecule has 5 rings (SSSR count). The number of benzene rings is 3. The Morgan fingerprint density at radius 2 is 1.89 bits per heavy atom. The number of halogens is 1. The minimum atomic E-state index is -0.543. The van der Waals surface area contributed by atoms with Crippen LogP contribution in [0.2, 0.25) is 0 Å². The van der Waals surface area contributed by atoms with E-state index in [-0.39, 0.29) is 23.9 Å². The summed E-state index contributed by atoms with van der Waals surface area (Å²) in [6, 6.07) is 16.0. The number of likely N-dealkylation sites (tertiary alicyclic amines) is 1. The second-order valence-electron chi connectivity index (χ2n) is 11.1. The van der Waals surface area contributed by atoms with Crippen LogP contribution in [0.5, 0.6) is 5.75 Å². The molecule has 1 heterocycles. The maximum atomic E-state index is 13.8. The van der Waals surface area contributed by atoms with Gasteiger partial charge in [0.15, 0.2) is 0 Å². The highest BCUT2D eigenvalue weighted by Gasteiger charge is 2.46. The average molecular weight is 505 g/mol. The van der Waals surface area contributed by atoms with Crippen LogP contribution < -0.4 is 10.1 Å². The number of hydrogen-bond donors (Lipinski definition) is 1. The van der Waals surface area contributed by atoms with Crippen molar-refractivity contribution < 1.29 is 23.5 Å². The number of hydrogen-bond acceptors (Lipinski definition) is 4. The monoisotopic (exact) mass is 504 g/mol. The first-order chi connectivity index (χ1) is 17.5. The Morgan fingerprint density at radius 3 is 2.57 bits per heavy atom. The van der Waals surface area contributed by atoms with Gasteiger partial charge in [0.1, 0.15) is 23.8 Å². The number of carbonyl (C=O) groups is 2. The van der Waals surface area contributed by atoms with Crippen molar-refractivity contribution in [3.63, 3.8) is 0 Å². The molecule has 1 aliphatic carbocycles. The van der Waals surface area contributed by atoms with E-state index in [0.29, 0.717) is 24.5 Å². The lowest BCUT2D eigenvalue weighted by Gasteiger charge is -2.41. The van der Waals surface area contributed by atoms with Gasteiger partial charge in [-0.25, -0.2) is 9.18 Å². The molecule has 2 fully saturated rings. The van der Waals surface area contributed by atoms with Crippen LogP contribution in [0, 0.1) is 12.7 Å². The minimum Gasteiger partial charge on any atom is -0.491 e. The van der Waals surface area contributed by atoms with Crippen molar-refractivity contribution in [3.05, 3.63) is 77.1 Å². The van der Waals surface area contributed by atoms with Crippen LogP contribution >= 0.6 is 0 Å². The molecule has 0 bridgehead atoms. The van der Waals surface area contributed by atoms with E-state index in [1.54, 1.807) is 17.0 Å². The summed E-state index contributed by atoms with van der Waals surface area (Å²) in [5.41, 5.74) is 1.40. The molecule has 0 aromatic heterocycles. The molecule has 6 nitrogen and oxygen atoms in total. The third-order valence-electron chi connectivity index (χ3n) is 7.13. The zero-order chi connectivity index (χ0) is 26.4. The SMILES string of the molecule is Cc1ccc(OCC2CCN2C(=O)OC(C)(C)C)cc1C(=O)NC1(c2cccc3cc(F)ccc23)CC1. The molecule has 2 amide bonds. The summed E-state index contributed by atoms with van der Waals surface area (Å²) in [5, 5.41) is 5.02. The van der Waals surface area contributed by atoms with Crippen molar-refractivity contribution in [2.45, 2.75) is 64.1 Å². The lowest BCUT2D eigenvalue weighted by Crippen LogP contribution is -2.55. The Bertz CT molecular complexity index is 1360. The van der Waals surface area contributed by atoms with Gasteiger partial charge >= 0.3 is 6.09 Å². The highest BCUT2D eigenvalue weighted by molar-refractivity contribution is 5.97. The first kappa shape index (κ1) is 25.1. The highest BCUT2D eigenvalue weighted by Crippen LogP contribution is 2.48. The van der Waals surface area contributed by atoms with Crippen molar-refractivity contribution in [2.24, 2.45) is 0 Å². The van der Waals surface area contributed by atoms with Crippen LogP contribution in [0.25, 0.3) is 10.8 Å². The molecule has 3 aromatic carbocycles. The molecule has 1 N–H and O–H groups in total. The van der Waals surface area contributed by atoms with E-state index >= 15 is 0 Å². The van der Waals surface area contributed by atoms with Crippen molar-refractivity contribution >= 4 is 22.8 Å². The summed E-state index contributed by atoms with van der Waals surface area (Å²) < 4.78 is 25.2. The second kappa shape index (κ2) is 9.36. The van der Waals surface area contributed by atoms with Gasteiger partial charge in [0.25, 0.3) is 5.91 Å². The molecule has 194 valence electrons. The van der Waals surface area contributed by atoms with Crippen LogP contribution in [-0.4, -0.2) is 41.7 Å². The Kier molecular flexibility index (Phi) is 6.34. The van der Waals surface area contributed by atoms with Crippen molar-refractivity contribution in [2.75, 3.05) is 13.2 Å². The summed E-state index contributed by atoms with van der Waals surface area (Å²) in [7, 11) is 0. The van der Waals surface area contributed by atoms with E-state index in [9.17, 15) is 14.0 Å². The van der Waals surface area contributed by atoms with Gasteiger partial charge < -0.3 is 19.7 Å². The van der Waals surface area contributed by atoms with Gasteiger partial charge in [-0.15, -0.1) is 0 Å². The lowest BCUT2D eigenvalue weighted by molar-refractivity contribution is -0.0141. The molecule has 3 aromatic rings. The summed E-state index contributed by atoms with van der Waals surface area (Å²) in [5.74, 6) is 0.137. The number of nitrogens with zero attached hydrogens (tertiary/aromatic N) is 1. The van der Waals surface area contributed by atoms with Crippen LogP contribution in [0.3, 0.4) is 0 Å². The van der Waals surface area contributed by atoms with E-state index in [4.69, 9.17) is 9.47 Å². The number of carbonyl (C=O) groups excluding carboxylic acids is 2. The van der Waals surface area contributed by atoms with E-state index in [1.807, 2.05) is 58.0 Å². The highest BCUT2D eigenvalue weighted by atomic mass is 19.1. The van der Waals surface area contributed by atoms with Crippen LogP contribution in [0.15, 0.2) is 54.6 Å². The third-order valence-corrected chi connectivity index (χ3v) is 7.13. The molecule has 1 aliphatic heterocycles. The fourth-order valence-corrected chi connectivity index (χ4v) is 4.85. The van der Waals surface area contributed by atoms with Gasteiger partial charge in [-0.2, -0.15) is 0 Å². The summed E-state index contributed by atoms with van der Waals surface area (Å²) in [6.07, 6.45) is 2.16. The fraction of sp³-hybridized carbons (Fsp3) is 0.400. The molecule has 0 spiro atoms. The van der Waals surface area contributed by atoms with Crippen LogP contribution in [0.4, 0.5) is 9.18 Å². The number of rotatable bonds is 6. The Morgan fingerprint density at radius 1 is 1.11 bits per heavy atom. The van der Waals surface area contributed by atoms with Crippen LogP contribution in [0.1, 0.15) is 61.5 Å². The molecule has 1 saturated heterocycles. The zero-order valence-electron chi connectivity index (χ0n) is 21.8. The number of fused-ring (bicyclic) bond motifs is 1. The van der Waals surface area contributed by atoms with E-state index in [1.165, 1.54) is 12.1 Å². The van der Waals surface area contributed by atoms with Gasteiger partial charge in [0, 0.05) is 12.1 Å². The zero-order valence-corrected chi connectivity index (χ0v) is 21.8. The largest absolute Gasteiger partial charge is 0.491 e. The van der Waals surface area contributed by atoms with Gasteiger partial charge in [0.2, 0.25) is 0 Å². The fourth-order valence-electron chi connectivity index (χ4n) is 4.85. The lowest BCUT2D eigenvalue weighted by atomic mass is 9.96. The average Bonchev–Trinajstić information content (AvgIpc) is 3.57. The van der Waals surface area contributed by atoms with Gasteiger partial charge in [0.05, 0.1) is 11.6 Å². The maximum absolute atomic E-state index is 13.8. The molecule has 1 atom stereocenters. The summed E-state index contributed by atoms with van der Waals surface area (Å²) in [4.78, 5) is 27.5. The van der Waals surface area contributed by atoms with Gasteiger partial charge in [-0.05, 0) is 93.1 Å². The van der Waals surface area contributed by atoms with E-state index in [0.717, 1.165) is 41.2 Å². The summed E-state index contributed by atoms with van der Waals surface area (Å²) in [6.45, 7) is 8.42. The van der Waals surface area contributed by atoms with Gasteiger partial charge in [-0.1, -0.05) is 30.3 Å². The third kappa shape index (κ3) is 5.26. The van der Waals surface area contributed by atoms with Crippen molar-refractivity contribution in [1.82, 2.24) is 10.2 Å². The Balaban J connectivity index is 1.27. The maximum Gasteiger partial charge on any atom is 0.410 e. The topological polar surface area (TPSA) is 67.9 Å². The molecule has 0 radical (unpaired) electrons. The number of ether oxygens (including phenoxy) is 2. The molecule has 1 saturated carbocycles. The molecular weight excluding hydrogens is 471 g/mol. The number of nitrogens with one attached hydrogen (secondary N) is 1. The van der Waals surface area contributed by atoms with Crippen molar-refractivity contribution in [1.29, 1.82) is 0 Å². The van der Waals surface area contributed by atoms with Crippen LogP contribution in [-0.2, 0) is 10.3 Å². The Hall–Kier alpha value is -3.61. The standard InChI is InChI=1S/C30H33FN2O4/c1-19-8-10-23(36-18-22-12-15-33(22)28(35)37-29(2,3)4)17-25(19)27(34)32-30(13-14-30)26-7-5-6-20-16-21(31)9-11-24(20)26/h5-11,16-17,22H,12-15,18H2,1-4H3,(H,32,34). The number of aryl methyl sites for hydroxylation is 1. The molecule has 2 aliphatic rings. The normalized spacial score (nSPS) is 18.2. The molecule has 7 heteroatoms. The number of amides is 2. The predicted molar refractivity (Wildman–Crippen MR) is 140 cm³/mol. The molecule has 37 heavy (non-hydrogen) atoms. The van der Waals surface area contributed by atoms with Gasteiger partial charge in [-0.3, -0.25) is 4.79 Å². The smallest absolute Gasteiger partial charge is 0.410 e. The first-order valence-corrected chi connectivity index (χ1v) is 12.8. The minimum absolute atomic E-state index is 0.0561. The quantitative estimate of drug-likeness (QED) is 0.441. The molecular formula is C30H33FN2O4. The van der Waals surface area contributed by atoms with E-state index < -0.39 is 11.1 Å².